The summed E-state index contributed by atoms with van der Waals surface area (Å²) in [5, 5.41) is 10.9. The zero-order valence-corrected chi connectivity index (χ0v) is 8.13. The number of hydrogen-bond donors (Lipinski definition) is 2. The van der Waals surface area contributed by atoms with E-state index < -0.39 is 30.2 Å². The summed E-state index contributed by atoms with van der Waals surface area (Å²) in [7, 11) is 0. The Labute approximate surface area is 85.7 Å². The minimum absolute atomic E-state index is 0.440. The summed E-state index contributed by atoms with van der Waals surface area (Å²) in [4.78, 5) is 10.8. The van der Waals surface area contributed by atoms with E-state index in [2.05, 4.69) is 5.32 Å². The van der Waals surface area contributed by atoms with E-state index in [1.165, 1.54) is 6.07 Å². The van der Waals surface area contributed by atoms with Gasteiger partial charge in [-0.25, -0.2) is 8.78 Å². The van der Waals surface area contributed by atoms with Gasteiger partial charge in [0.2, 0.25) is 5.91 Å². The van der Waals surface area contributed by atoms with Gasteiger partial charge >= 0.3 is 0 Å². The Morgan fingerprint density at radius 2 is 2.13 bits per heavy atom. The molecule has 0 saturated heterocycles. The van der Waals surface area contributed by atoms with E-state index in [-0.39, 0.29) is 0 Å². The van der Waals surface area contributed by atoms with Crippen molar-refractivity contribution in [1.29, 1.82) is 0 Å². The van der Waals surface area contributed by atoms with Gasteiger partial charge in [-0.15, -0.1) is 0 Å². The Kier molecular flexibility index (Phi) is 3.74. The molecule has 1 rings (SSSR count). The first-order chi connectivity index (χ1) is 7.04. The second-order valence-electron chi connectivity index (χ2n) is 3.12. The Morgan fingerprint density at radius 3 is 2.67 bits per heavy atom. The van der Waals surface area contributed by atoms with Gasteiger partial charge in [0.25, 0.3) is 0 Å². The molecular formula is C10H11F2NO2. The first-order valence-electron chi connectivity index (χ1n) is 4.39. The van der Waals surface area contributed by atoms with Gasteiger partial charge in [-0.1, -0.05) is 6.07 Å². The highest BCUT2D eigenvalue weighted by atomic mass is 19.2. The number of amides is 1. The molecule has 0 aliphatic heterocycles. The lowest BCUT2D eigenvalue weighted by Gasteiger charge is -2.13. The second-order valence-corrected chi connectivity index (χ2v) is 3.12. The molecule has 0 aliphatic rings. The molecule has 1 unspecified atom stereocenters. The Bertz CT molecular complexity index is 368. The number of aliphatic hydroxyl groups is 1. The van der Waals surface area contributed by atoms with Crippen molar-refractivity contribution in [3.63, 3.8) is 0 Å². The van der Waals surface area contributed by atoms with Crippen molar-refractivity contribution in [2.24, 2.45) is 0 Å². The fourth-order valence-corrected chi connectivity index (χ4v) is 1.15. The number of rotatable bonds is 3. The van der Waals surface area contributed by atoms with E-state index in [0.29, 0.717) is 5.56 Å². The second kappa shape index (κ2) is 4.84. The first-order valence-corrected chi connectivity index (χ1v) is 4.39. The van der Waals surface area contributed by atoms with Crippen LogP contribution >= 0.6 is 0 Å². The molecule has 3 nitrogen and oxygen atoms in total. The number of halogens is 2. The van der Waals surface area contributed by atoms with Gasteiger partial charge in [0.15, 0.2) is 11.6 Å². The summed E-state index contributed by atoms with van der Waals surface area (Å²) in [6, 6.07) is 2.91. The topological polar surface area (TPSA) is 49.3 Å². The third-order valence-corrected chi connectivity index (χ3v) is 1.96. The molecule has 82 valence electrons. The van der Waals surface area contributed by atoms with Crippen LogP contribution in [0.25, 0.3) is 0 Å². The van der Waals surface area contributed by atoms with Gasteiger partial charge in [0.05, 0.1) is 6.04 Å². The van der Waals surface area contributed by atoms with E-state index in [1.54, 1.807) is 6.92 Å². The maximum atomic E-state index is 12.8. The van der Waals surface area contributed by atoms with Crippen molar-refractivity contribution in [3.05, 3.63) is 35.4 Å². The molecule has 0 spiro atoms. The number of carbonyl (C=O) groups excluding carboxylic acids is 1. The molecule has 0 saturated carbocycles. The van der Waals surface area contributed by atoms with E-state index in [1.807, 2.05) is 0 Å². The Morgan fingerprint density at radius 1 is 1.47 bits per heavy atom. The standard InChI is InChI=1S/C10H11F2NO2/c1-6(13-10(15)5-14)7-2-3-8(11)9(12)4-7/h2-4,6,14H,5H2,1H3,(H,13,15). The summed E-state index contributed by atoms with van der Waals surface area (Å²) < 4.78 is 25.4. The lowest BCUT2D eigenvalue weighted by molar-refractivity contribution is -0.124. The summed E-state index contributed by atoms with van der Waals surface area (Å²) in [5.74, 6) is -2.45. The molecule has 0 bridgehead atoms. The summed E-state index contributed by atoms with van der Waals surface area (Å²) in [5.41, 5.74) is 0.440. The van der Waals surface area contributed by atoms with E-state index in [9.17, 15) is 13.6 Å². The highest BCUT2D eigenvalue weighted by Crippen LogP contribution is 2.15. The molecule has 0 aromatic heterocycles. The van der Waals surface area contributed by atoms with Crippen molar-refractivity contribution < 1.29 is 18.7 Å². The van der Waals surface area contributed by atoms with E-state index in [4.69, 9.17) is 5.11 Å². The van der Waals surface area contributed by atoms with Crippen LogP contribution in [-0.2, 0) is 4.79 Å². The van der Waals surface area contributed by atoms with Crippen LogP contribution in [0.2, 0.25) is 0 Å². The van der Waals surface area contributed by atoms with Gasteiger partial charge < -0.3 is 10.4 Å². The number of nitrogens with one attached hydrogen (secondary N) is 1. The molecule has 1 aromatic rings. The van der Waals surface area contributed by atoms with Gasteiger partial charge in [-0.05, 0) is 24.6 Å². The quantitative estimate of drug-likeness (QED) is 0.794. The SMILES string of the molecule is CC(NC(=O)CO)c1ccc(F)c(F)c1. The lowest BCUT2D eigenvalue weighted by Crippen LogP contribution is -2.29. The van der Waals surface area contributed by atoms with Crippen molar-refractivity contribution in [1.82, 2.24) is 5.32 Å². The van der Waals surface area contributed by atoms with Gasteiger partial charge in [-0.3, -0.25) is 4.79 Å². The number of aliphatic hydroxyl groups excluding tert-OH is 1. The number of carbonyl (C=O) groups is 1. The van der Waals surface area contributed by atoms with Crippen molar-refractivity contribution in [2.45, 2.75) is 13.0 Å². The smallest absolute Gasteiger partial charge is 0.246 e. The van der Waals surface area contributed by atoms with Gasteiger partial charge in [-0.2, -0.15) is 0 Å². The predicted octanol–water partition coefficient (Wildman–Crippen LogP) is 1.13. The number of hydrogen-bond acceptors (Lipinski definition) is 2. The van der Waals surface area contributed by atoms with E-state index >= 15 is 0 Å². The van der Waals surface area contributed by atoms with Crippen molar-refractivity contribution in [3.8, 4) is 0 Å². The molecule has 5 heteroatoms. The van der Waals surface area contributed by atoms with E-state index in [0.717, 1.165) is 12.1 Å². The largest absolute Gasteiger partial charge is 0.387 e. The number of benzene rings is 1. The fourth-order valence-electron chi connectivity index (χ4n) is 1.15. The molecule has 1 aromatic carbocycles. The average Bonchev–Trinajstić information content (AvgIpc) is 2.21. The van der Waals surface area contributed by atoms with Crippen molar-refractivity contribution >= 4 is 5.91 Å². The molecule has 0 heterocycles. The lowest BCUT2D eigenvalue weighted by atomic mass is 10.1. The third kappa shape index (κ3) is 2.99. The Balaban J connectivity index is 2.78. The highest BCUT2D eigenvalue weighted by molar-refractivity contribution is 5.77. The maximum absolute atomic E-state index is 12.8. The summed E-state index contributed by atoms with van der Waals surface area (Å²) in [6.07, 6.45) is 0. The van der Waals surface area contributed by atoms with Crippen LogP contribution in [0.15, 0.2) is 18.2 Å². The maximum Gasteiger partial charge on any atom is 0.246 e. The summed E-state index contributed by atoms with van der Waals surface area (Å²) in [6.45, 7) is 0.980. The van der Waals surface area contributed by atoms with Crippen LogP contribution in [-0.4, -0.2) is 17.6 Å². The normalized spacial score (nSPS) is 12.3. The van der Waals surface area contributed by atoms with Gasteiger partial charge in [0, 0.05) is 0 Å². The molecule has 1 atom stereocenters. The van der Waals surface area contributed by atoms with Crippen LogP contribution < -0.4 is 5.32 Å². The van der Waals surface area contributed by atoms with Crippen LogP contribution in [0.3, 0.4) is 0 Å². The highest BCUT2D eigenvalue weighted by Gasteiger charge is 2.10. The van der Waals surface area contributed by atoms with Crippen LogP contribution in [0, 0.1) is 11.6 Å². The molecular weight excluding hydrogens is 204 g/mol. The predicted molar refractivity (Wildman–Crippen MR) is 50.0 cm³/mol. The molecule has 0 radical (unpaired) electrons. The molecule has 15 heavy (non-hydrogen) atoms. The monoisotopic (exact) mass is 215 g/mol. The fraction of sp³-hybridized carbons (Fsp3) is 0.300. The minimum Gasteiger partial charge on any atom is -0.387 e. The molecule has 0 aliphatic carbocycles. The first kappa shape index (κ1) is 11.6. The van der Waals surface area contributed by atoms with Gasteiger partial charge in [0.1, 0.15) is 6.61 Å². The average molecular weight is 215 g/mol. The van der Waals surface area contributed by atoms with Crippen molar-refractivity contribution in [2.75, 3.05) is 6.61 Å². The zero-order chi connectivity index (χ0) is 11.4. The van der Waals surface area contributed by atoms with Crippen LogP contribution in [0.1, 0.15) is 18.5 Å². The third-order valence-electron chi connectivity index (χ3n) is 1.96. The molecule has 2 N–H and O–H groups in total. The Hall–Kier alpha value is -1.49. The molecule has 0 fully saturated rings. The van der Waals surface area contributed by atoms with Crippen LogP contribution in [0.4, 0.5) is 8.78 Å². The molecule has 1 amide bonds. The summed E-state index contributed by atoms with van der Waals surface area (Å²) >= 11 is 0. The zero-order valence-electron chi connectivity index (χ0n) is 8.13. The van der Waals surface area contributed by atoms with Crippen LogP contribution in [0.5, 0.6) is 0 Å². The minimum atomic E-state index is -0.961.